The SMILES string of the molecule is CCN1CCc2c(C#N)c(NC[C@@H]3CCCO3)nc(NCc3ccco3)c2C1. The molecule has 2 aliphatic heterocycles. The second-order valence-corrected chi connectivity index (χ2v) is 7.32. The molecule has 1 fully saturated rings. The number of ether oxygens (including phenoxy) is 1. The fourth-order valence-electron chi connectivity index (χ4n) is 3.96. The third-order valence-electron chi connectivity index (χ3n) is 5.56. The topological polar surface area (TPSA) is 86.4 Å². The summed E-state index contributed by atoms with van der Waals surface area (Å²) in [5.74, 6) is 2.35. The van der Waals surface area contributed by atoms with Gasteiger partial charge in [-0.05, 0) is 43.5 Å². The van der Waals surface area contributed by atoms with E-state index < -0.39 is 0 Å². The van der Waals surface area contributed by atoms with Crippen LogP contribution in [0.5, 0.6) is 0 Å². The van der Waals surface area contributed by atoms with Gasteiger partial charge in [0.15, 0.2) is 0 Å². The van der Waals surface area contributed by atoms with Gasteiger partial charge < -0.3 is 19.8 Å². The molecule has 2 aliphatic rings. The maximum atomic E-state index is 9.85. The molecule has 0 bridgehead atoms. The summed E-state index contributed by atoms with van der Waals surface area (Å²) in [5.41, 5.74) is 2.91. The molecule has 0 saturated carbocycles. The summed E-state index contributed by atoms with van der Waals surface area (Å²) in [6.07, 6.45) is 4.87. The molecule has 0 spiro atoms. The molecular weight excluding hydrogens is 354 g/mol. The minimum atomic E-state index is 0.194. The molecule has 7 nitrogen and oxygen atoms in total. The highest BCUT2D eigenvalue weighted by atomic mass is 16.5. The molecule has 1 saturated heterocycles. The van der Waals surface area contributed by atoms with Crippen LogP contribution in [0, 0.1) is 11.3 Å². The van der Waals surface area contributed by atoms with E-state index in [-0.39, 0.29) is 6.10 Å². The average molecular weight is 381 g/mol. The molecule has 0 aliphatic carbocycles. The molecule has 4 rings (SSSR count). The zero-order valence-electron chi connectivity index (χ0n) is 16.3. The molecule has 4 heterocycles. The van der Waals surface area contributed by atoms with Crippen molar-refractivity contribution in [1.29, 1.82) is 5.26 Å². The number of fused-ring (bicyclic) bond motifs is 1. The first kappa shape index (κ1) is 18.8. The van der Waals surface area contributed by atoms with Crippen LogP contribution >= 0.6 is 0 Å². The first-order valence-corrected chi connectivity index (χ1v) is 10.1. The number of anilines is 2. The Morgan fingerprint density at radius 2 is 2.25 bits per heavy atom. The number of nitrogens with one attached hydrogen (secondary N) is 2. The van der Waals surface area contributed by atoms with Crippen LogP contribution in [0.4, 0.5) is 11.6 Å². The highest BCUT2D eigenvalue weighted by Gasteiger charge is 2.26. The van der Waals surface area contributed by atoms with Crippen LogP contribution in [0.2, 0.25) is 0 Å². The van der Waals surface area contributed by atoms with Gasteiger partial charge in [0.2, 0.25) is 0 Å². The normalized spacial score (nSPS) is 19.2. The molecule has 0 unspecified atom stereocenters. The van der Waals surface area contributed by atoms with Crippen LogP contribution in [0.25, 0.3) is 0 Å². The van der Waals surface area contributed by atoms with Gasteiger partial charge in [-0.15, -0.1) is 0 Å². The Bertz CT molecular complexity index is 837. The number of nitrogens with zero attached hydrogens (tertiary/aromatic N) is 3. The molecule has 28 heavy (non-hydrogen) atoms. The van der Waals surface area contributed by atoms with Crippen molar-refractivity contribution in [3.8, 4) is 6.07 Å². The Labute approximate surface area is 165 Å². The molecule has 0 amide bonds. The minimum absolute atomic E-state index is 0.194. The summed E-state index contributed by atoms with van der Waals surface area (Å²) in [5, 5.41) is 16.7. The van der Waals surface area contributed by atoms with E-state index in [0.29, 0.717) is 24.5 Å². The number of hydrogen-bond donors (Lipinski definition) is 2. The average Bonchev–Trinajstić information content (AvgIpc) is 3.43. The molecule has 2 aromatic rings. The maximum Gasteiger partial charge on any atom is 0.146 e. The molecule has 2 aromatic heterocycles. The third kappa shape index (κ3) is 3.98. The minimum Gasteiger partial charge on any atom is -0.467 e. The second kappa shape index (κ2) is 8.63. The standard InChI is InChI=1S/C21H27N5O2/c1-2-26-8-7-17-18(11-22)20(23-12-15-5-3-9-27-15)25-21(19(17)14-26)24-13-16-6-4-10-28-16/h4,6,10,15H,2-3,5,7-9,12-14H2,1H3,(H2,23,24,25)/t15-/m0/s1. The van der Waals surface area contributed by atoms with Gasteiger partial charge in [-0.2, -0.15) is 5.26 Å². The molecule has 148 valence electrons. The van der Waals surface area contributed by atoms with Crippen molar-refractivity contribution in [1.82, 2.24) is 9.88 Å². The van der Waals surface area contributed by atoms with E-state index in [2.05, 4.69) is 28.5 Å². The Balaban J connectivity index is 1.63. The highest BCUT2D eigenvalue weighted by molar-refractivity contribution is 5.66. The van der Waals surface area contributed by atoms with Crippen molar-refractivity contribution in [2.45, 2.75) is 45.4 Å². The van der Waals surface area contributed by atoms with Gasteiger partial charge in [0.25, 0.3) is 0 Å². The van der Waals surface area contributed by atoms with Crippen LogP contribution in [0.15, 0.2) is 22.8 Å². The number of likely N-dealkylation sites (N-methyl/N-ethyl adjacent to an activating group) is 1. The van der Waals surface area contributed by atoms with Gasteiger partial charge >= 0.3 is 0 Å². The highest BCUT2D eigenvalue weighted by Crippen LogP contribution is 2.32. The van der Waals surface area contributed by atoms with Crippen molar-refractivity contribution < 1.29 is 9.15 Å². The first-order chi connectivity index (χ1) is 13.8. The Hall–Kier alpha value is -2.56. The summed E-state index contributed by atoms with van der Waals surface area (Å²) in [4.78, 5) is 7.20. The summed E-state index contributed by atoms with van der Waals surface area (Å²) in [6, 6.07) is 6.22. The molecule has 1 atom stereocenters. The van der Waals surface area contributed by atoms with Crippen molar-refractivity contribution in [2.75, 3.05) is 36.9 Å². The molecular formula is C21H27N5O2. The largest absolute Gasteiger partial charge is 0.467 e. The van der Waals surface area contributed by atoms with Crippen molar-refractivity contribution >= 4 is 11.6 Å². The number of hydrogen-bond acceptors (Lipinski definition) is 7. The predicted molar refractivity (Wildman–Crippen MR) is 107 cm³/mol. The van der Waals surface area contributed by atoms with Gasteiger partial charge in [0.05, 0.1) is 24.5 Å². The van der Waals surface area contributed by atoms with Crippen molar-refractivity contribution in [3.05, 3.63) is 40.8 Å². The molecule has 0 radical (unpaired) electrons. The fraction of sp³-hybridized carbons (Fsp3) is 0.524. The lowest BCUT2D eigenvalue weighted by Crippen LogP contribution is -2.32. The monoisotopic (exact) mass is 381 g/mol. The van der Waals surface area contributed by atoms with Gasteiger partial charge in [-0.25, -0.2) is 4.98 Å². The van der Waals surface area contributed by atoms with Crippen LogP contribution in [0.3, 0.4) is 0 Å². The summed E-state index contributed by atoms with van der Waals surface area (Å²) >= 11 is 0. The van der Waals surface area contributed by atoms with Gasteiger partial charge in [-0.1, -0.05) is 6.92 Å². The first-order valence-electron chi connectivity index (χ1n) is 10.1. The number of rotatable bonds is 7. The number of nitriles is 1. The lowest BCUT2D eigenvalue weighted by Gasteiger charge is -2.30. The van der Waals surface area contributed by atoms with E-state index in [1.54, 1.807) is 6.26 Å². The van der Waals surface area contributed by atoms with E-state index in [9.17, 15) is 5.26 Å². The van der Waals surface area contributed by atoms with Gasteiger partial charge in [-0.3, -0.25) is 4.90 Å². The Morgan fingerprint density at radius 1 is 1.32 bits per heavy atom. The summed E-state index contributed by atoms with van der Waals surface area (Å²) in [7, 11) is 0. The predicted octanol–water partition coefficient (Wildman–Crippen LogP) is 3.13. The second-order valence-electron chi connectivity index (χ2n) is 7.32. The molecule has 2 N–H and O–H groups in total. The lowest BCUT2D eigenvalue weighted by atomic mass is 9.95. The van der Waals surface area contributed by atoms with Gasteiger partial charge in [0.1, 0.15) is 23.5 Å². The summed E-state index contributed by atoms with van der Waals surface area (Å²) < 4.78 is 11.2. The zero-order valence-corrected chi connectivity index (χ0v) is 16.3. The lowest BCUT2D eigenvalue weighted by molar-refractivity contribution is 0.120. The zero-order chi connectivity index (χ0) is 19.3. The van der Waals surface area contributed by atoms with Crippen molar-refractivity contribution in [2.24, 2.45) is 0 Å². The van der Waals surface area contributed by atoms with Crippen LogP contribution in [-0.2, 0) is 24.2 Å². The van der Waals surface area contributed by atoms with Crippen LogP contribution < -0.4 is 10.6 Å². The van der Waals surface area contributed by atoms with E-state index in [1.165, 1.54) is 0 Å². The Kier molecular flexibility index (Phi) is 5.79. The van der Waals surface area contributed by atoms with Crippen LogP contribution in [-0.4, -0.2) is 42.2 Å². The smallest absolute Gasteiger partial charge is 0.146 e. The molecule has 7 heteroatoms. The van der Waals surface area contributed by atoms with E-state index in [4.69, 9.17) is 14.1 Å². The fourth-order valence-corrected chi connectivity index (χ4v) is 3.96. The third-order valence-corrected chi connectivity index (χ3v) is 5.56. The number of pyridine rings is 1. The Morgan fingerprint density at radius 3 is 2.96 bits per heavy atom. The van der Waals surface area contributed by atoms with E-state index >= 15 is 0 Å². The quantitative estimate of drug-likeness (QED) is 0.762. The number of aromatic nitrogens is 1. The van der Waals surface area contributed by atoms with Crippen LogP contribution in [0.1, 0.15) is 42.2 Å². The van der Waals surface area contributed by atoms with E-state index in [1.807, 2.05) is 12.1 Å². The number of furan rings is 1. The molecule has 0 aromatic carbocycles. The maximum absolute atomic E-state index is 9.85. The van der Waals surface area contributed by atoms with E-state index in [0.717, 1.165) is 68.2 Å². The summed E-state index contributed by atoms with van der Waals surface area (Å²) in [6.45, 7) is 6.98. The van der Waals surface area contributed by atoms with Gasteiger partial charge in [0, 0.05) is 31.8 Å². The van der Waals surface area contributed by atoms with Crippen molar-refractivity contribution in [3.63, 3.8) is 0 Å².